The summed E-state index contributed by atoms with van der Waals surface area (Å²) in [4.78, 5) is 11.3. The average molecular weight is 242 g/mol. The van der Waals surface area contributed by atoms with Crippen molar-refractivity contribution in [2.45, 2.75) is 24.2 Å². The van der Waals surface area contributed by atoms with Gasteiger partial charge in [0, 0.05) is 11.8 Å². The molecule has 0 bridgehead atoms. The van der Waals surface area contributed by atoms with Crippen molar-refractivity contribution in [1.82, 2.24) is 0 Å². The monoisotopic (exact) mass is 242 g/mol. The first-order valence-electron chi connectivity index (χ1n) is 4.80. The van der Waals surface area contributed by atoms with Gasteiger partial charge in [-0.1, -0.05) is 17.7 Å². The summed E-state index contributed by atoms with van der Waals surface area (Å²) in [6, 6.07) is 7.01. The predicted molar refractivity (Wildman–Crippen MR) is 60.2 cm³/mol. The number of aliphatic hydroxyl groups is 1. The second kappa shape index (κ2) is 5.77. The minimum atomic E-state index is -1.54. The molecule has 0 aliphatic rings. The van der Waals surface area contributed by atoms with Crippen molar-refractivity contribution in [2.24, 2.45) is 0 Å². The molecular weight excluding hydrogens is 228 g/mol. The number of carbonyl (C=O) groups is 1. The zero-order valence-corrected chi connectivity index (χ0v) is 9.99. The van der Waals surface area contributed by atoms with Crippen LogP contribution in [0.2, 0.25) is 0 Å². The van der Waals surface area contributed by atoms with Crippen molar-refractivity contribution in [3.63, 3.8) is 0 Å². The highest BCUT2D eigenvalue weighted by atomic mass is 32.2. The van der Waals surface area contributed by atoms with E-state index in [0.717, 1.165) is 5.56 Å². The van der Waals surface area contributed by atoms with E-state index >= 15 is 0 Å². The Morgan fingerprint density at radius 3 is 2.44 bits per heavy atom. The number of esters is 1. The maximum Gasteiger partial charge on any atom is 0.303 e. The number of benzene rings is 1. The average Bonchev–Trinajstić information content (AvgIpc) is 2.25. The molecule has 1 rings (SSSR count). The lowest BCUT2D eigenvalue weighted by Crippen LogP contribution is -2.25. The molecule has 1 N–H and O–H groups in total. The summed E-state index contributed by atoms with van der Waals surface area (Å²) < 4.78 is 16.7. The Bertz CT molecular complexity index is 385. The van der Waals surface area contributed by atoms with Crippen LogP contribution in [0, 0.1) is 6.92 Å². The molecule has 0 saturated heterocycles. The summed E-state index contributed by atoms with van der Waals surface area (Å²) in [6.07, 6.45) is 0. The Morgan fingerprint density at radius 2 is 2.00 bits per heavy atom. The van der Waals surface area contributed by atoms with E-state index in [1.165, 1.54) is 6.92 Å². The van der Waals surface area contributed by atoms with E-state index in [4.69, 9.17) is 9.84 Å². The molecule has 5 heteroatoms. The zero-order valence-electron chi connectivity index (χ0n) is 9.17. The molecule has 16 heavy (non-hydrogen) atoms. The van der Waals surface area contributed by atoms with Gasteiger partial charge < -0.3 is 9.84 Å². The van der Waals surface area contributed by atoms with Crippen LogP contribution >= 0.6 is 0 Å². The Labute approximate surface area is 96.7 Å². The van der Waals surface area contributed by atoms with E-state index in [9.17, 15) is 9.00 Å². The third-order valence-electron chi connectivity index (χ3n) is 1.94. The molecule has 2 atom stereocenters. The Balaban J connectivity index is 2.82. The van der Waals surface area contributed by atoms with Gasteiger partial charge in [-0.2, -0.15) is 0 Å². The summed E-state index contributed by atoms with van der Waals surface area (Å²) in [7, 11) is -1.54. The maximum absolute atomic E-state index is 11.9. The lowest BCUT2D eigenvalue weighted by molar-refractivity contribution is -0.143. The Morgan fingerprint density at radius 1 is 1.44 bits per heavy atom. The lowest BCUT2D eigenvalue weighted by atomic mass is 10.2. The Hall–Kier alpha value is -1.20. The van der Waals surface area contributed by atoms with Gasteiger partial charge in [0.15, 0.2) is 0 Å². The molecule has 1 aromatic rings. The van der Waals surface area contributed by atoms with E-state index in [2.05, 4.69) is 0 Å². The van der Waals surface area contributed by atoms with Crippen molar-refractivity contribution < 1.29 is 18.8 Å². The van der Waals surface area contributed by atoms with Gasteiger partial charge in [0.05, 0.1) is 17.4 Å². The molecule has 0 heterocycles. The Kier molecular flexibility index (Phi) is 4.64. The van der Waals surface area contributed by atoms with Crippen LogP contribution in [0.3, 0.4) is 0 Å². The number of aliphatic hydroxyl groups excluding tert-OH is 1. The topological polar surface area (TPSA) is 63.6 Å². The van der Waals surface area contributed by atoms with Crippen LogP contribution in [0.4, 0.5) is 0 Å². The van der Waals surface area contributed by atoms with Crippen LogP contribution in [-0.4, -0.2) is 27.3 Å². The van der Waals surface area contributed by atoms with Gasteiger partial charge in [-0.05, 0) is 19.1 Å². The number of hydrogen-bond donors (Lipinski definition) is 1. The summed E-state index contributed by atoms with van der Waals surface area (Å²) in [5.41, 5.74) is 0.0500. The van der Waals surface area contributed by atoms with E-state index in [1.807, 2.05) is 19.1 Å². The van der Waals surface area contributed by atoms with E-state index in [-0.39, 0.29) is 0 Å². The van der Waals surface area contributed by atoms with Crippen molar-refractivity contribution in [2.75, 3.05) is 6.61 Å². The fraction of sp³-hybridized carbons (Fsp3) is 0.364. The van der Waals surface area contributed by atoms with Gasteiger partial charge in [0.2, 0.25) is 5.44 Å². The predicted octanol–water partition coefficient (Wildman–Crippen LogP) is 0.984. The third-order valence-corrected chi connectivity index (χ3v) is 3.40. The van der Waals surface area contributed by atoms with Crippen LogP contribution in [0.5, 0.6) is 0 Å². The fourth-order valence-corrected chi connectivity index (χ4v) is 2.22. The van der Waals surface area contributed by atoms with Crippen molar-refractivity contribution in [3.8, 4) is 0 Å². The molecule has 88 valence electrons. The summed E-state index contributed by atoms with van der Waals surface area (Å²) in [5.74, 6) is -0.556. The third kappa shape index (κ3) is 3.43. The maximum atomic E-state index is 11.9. The van der Waals surface area contributed by atoms with Crippen LogP contribution in [0.15, 0.2) is 29.2 Å². The van der Waals surface area contributed by atoms with Crippen LogP contribution in [0.1, 0.15) is 12.5 Å². The second-order valence-corrected chi connectivity index (χ2v) is 4.92. The summed E-state index contributed by atoms with van der Waals surface area (Å²) in [6.45, 7) is 2.68. The highest BCUT2D eigenvalue weighted by molar-refractivity contribution is 7.85. The summed E-state index contributed by atoms with van der Waals surface area (Å²) in [5, 5.41) is 8.99. The number of hydrogen-bond acceptors (Lipinski definition) is 4. The van der Waals surface area contributed by atoms with Crippen molar-refractivity contribution >= 4 is 16.8 Å². The molecule has 1 unspecified atom stereocenters. The molecule has 0 radical (unpaired) electrons. The first kappa shape index (κ1) is 12.9. The molecule has 0 saturated carbocycles. The molecule has 4 nitrogen and oxygen atoms in total. The fourth-order valence-electron chi connectivity index (χ4n) is 1.16. The second-order valence-electron chi connectivity index (χ2n) is 3.33. The number of rotatable bonds is 4. The molecular formula is C11H14O4S. The standard InChI is InChI=1S/C11H14O4S/c1-8-3-5-10(6-4-8)16(14)11(7-12)15-9(2)13/h3-6,11-12H,7H2,1-2H3/t11-,16?/m1/s1. The minimum absolute atomic E-state index is 0.458. The molecule has 0 spiro atoms. The smallest absolute Gasteiger partial charge is 0.303 e. The first-order valence-corrected chi connectivity index (χ1v) is 6.01. The quantitative estimate of drug-likeness (QED) is 0.799. The summed E-state index contributed by atoms with van der Waals surface area (Å²) >= 11 is 0. The molecule has 1 aromatic carbocycles. The molecule has 0 aliphatic heterocycles. The molecule has 0 aliphatic carbocycles. The lowest BCUT2D eigenvalue weighted by Gasteiger charge is -2.13. The largest absolute Gasteiger partial charge is 0.446 e. The molecule has 0 amide bonds. The van der Waals surface area contributed by atoms with Gasteiger partial charge in [0.1, 0.15) is 0 Å². The minimum Gasteiger partial charge on any atom is -0.446 e. The number of ether oxygens (including phenoxy) is 1. The van der Waals surface area contributed by atoms with E-state index in [1.54, 1.807) is 12.1 Å². The van der Waals surface area contributed by atoms with Gasteiger partial charge in [0.25, 0.3) is 0 Å². The normalized spacial score (nSPS) is 14.2. The highest BCUT2D eigenvalue weighted by Gasteiger charge is 2.20. The number of carbonyl (C=O) groups excluding carboxylic acids is 1. The van der Waals surface area contributed by atoms with Crippen LogP contribution in [0.25, 0.3) is 0 Å². The van der Waals surface area contributed by atoms with Gasteiger partial charge >= 0.3 is 5.97 Å². The molecule has 0 aromatic heterocycles. The molecule has 0 fully saturated rings. The van der Waals surface area contributed by atoms with E-state index < -0.39 is 28.8 Å². The van der Waals surface area contributed by atoms with Crippen molar-refractivity contribution in [3.05, 3.63) is 29.8 Å². The number of aryl methyl sites for hydroxylation is 1. The van der Waals surface area contributed by atoms with Crippen molar-refractivity contribution in [1.29, 1.82) is 0 Å². The van der Waals surface area contributed by atoms with Crippen LogP contribution in [-0.2, 0) is 20.3 Å². The SMILES string of the molecule is CC(=O)O[C@@H](CO)S(=O)c1ccc(C)cc1. The van der Waals surface area contributed by atoms with Gasteiger partial charge in [-0.25, -0.2) is 0 Å². The first-order chi connectivity index (χ1) is 7.54. The zero-order chi connectivity index (χ0) is 12.1. The van der Waals surface area contributed by atoms with Crippen LogP contribution < -0.4 is 0 Å². The van der Waals surface area contributed by atoms with E-state index in [0.29, 0.717) is 4.90 Å². The van der Waals surface area contributed by atoms with Gasteiger partial charge in [-0.15, -0.1) is 0 Å². The van der Waals surface area contributed by atoms with Gasteiger partial charge in [-0.3, -0.25) is 9.00 Å². The highest BCUT2D eigenvalue weighted by Crippen LogP contribution is 2.13.